The van der Waals surface area contributed by atoms with Crippen molar-refractivity contribution in [3.05, 3.63) is 46.7 Å². The zero-order valence-corrected chi connectivity index (χ0v) is 14.6. The van der Waals surface area contributed by atoms with Crippen LogP contribution in [0.25, 0.3) is 5.65 Å². The molecule has 7 nitrogen and oxygen atoms in total. The molecule has 0 aliphatic heterocycles. The molecule has 0 amide bonds. The van der Waals surface area contributed by atoms with E-state index in [0.29, 0.717) is 16.4 Å². The van der Waals surface area contributed by atoms with E-state index in [0.717, 1.165) is 0 Å². The molecule has 0 saturated heterocycles. The van der Waals surface area contributed by atoms with Crippen LogP contribution in [0.5, 0.6) is 0 Å². The smallest absolute Gasteiger partial charge is 0.214 e. The summed E-state index contributed by atoms with van der Waals surface area (Å²) in [6, 6.07) is 7.66. The fourth-order valence-electron chi connectivity index (χ4n) is 2.45. The molecule has 0 saturated carbocycles. The number of hydrogen-bond acceptors (Lipinski definition) is 6. The molecule has 0 radical (unpaired) electrons. The van der Waals surface area contributed by atoms with E-state index >= 15 is 0 Å². The zero-order chi connectivity index (χ0) is 17.5. The molecule has 24 heavy (non-hydrogen) atoms. The van der Waals surface area contributed by atoms with E-state index in [1.54, 1.807) is 32.2 Å². The number of aliphatic hydroxyl groups is 1. The van der Waals surface area contributed by atoms with Crippen molar-refractivity contribution in [2.75, 3.05) is 12.4 Å². The summed E-state index contributed by atoms with van der Waals surface area (Å²) in [7, 11) is -2.32. The van der Waals surface area contributed by atoms with Crippen LogP contribution in [-0.2, 0) is 16.4 Å². The minimum atomic E-state index is -3.90. The van der Waals surface area contributed by atoms with E-state index in [-0.39, 0.29) is 27.9 Å². The van der Waals surface area contributed by atoms with Gasteiger partial charge in [-0.25, -0.2) is 17.9 Å². The Morgan fingerprint density at radius 2 is 2.08 bits per heavy atom. The molecule has 0 bridgehead atoms. The molecule has 3 aromatic rings. The summed E-state index contributed by atoms with van der Waals surface area (Å²) >= 11 is 5.93. The number of anilines is 1. The van der Waals surface area contributed by atoms with Crippen LogP contribution in [0.2, 0.25) is 5.02 Å². The highest BCUT2D eigenvalue weighted by atomic mass is 35.5. The van der Waals surface area contributed by atoms with E-state index in [2.05, 4.69) is 15.4 Å². The van der Waals surface area contributed by atoms with E-state index in [1.165, 1.54) is 16.6 Å². The maximum Gasteiger partial charge on any atom is 0.214 e. The van der Waals surface area contributed by atoms with E-state index < -0.39 is 9.84 Å². The predicted octanol–water partition coefficient (Wildman–Crippen LogP) is 2.06. The lowest BCUT2D eigenvalue weighted by molar-refractivity contribution is 0.277. The van der Waals surface area contributed by atoms with E-state index in [1.807, 2.05) is 0 Å². The van der Waals surface area contributed by atoms with Gasteiger partial charge in [0, 0.05) is 17.8 Å². The number of aromatic nitrogens is 3. The molecule has 2 N–H and O–H groups in total. The first-order chi connectivity index (χ1) is 11.4. The SMILES string of the molecule is CNc1nn2c(C)cc(CO)nc2c1S(=O)(=O)c1cccc(Cl)c1. The molecule has 0 aliphatic rings. The van der Waals surface area contributed by atoms with Crippen molar-refractivity contribution in [1.82, 2.24) is 14.6 Å². The monoisotopic (exact) mass is 366 g/mol. The number of sulfone groups is 1. The van der Waals surface area contributed by atoms with Gasteiger partial charge in [0.25, 0.3) is 0 Å². The van der Waals surface area contributed by atoms with Gasteiger partial charge in [0.1, 0.15) is 0 Å². The second-order valence-electron chi connectivity index (χ2n) is 5.17. The minimum Gasteiger partial charge on any atom is -0.390 e. The molecule has 0 spiro atoms. The Morgan fingerprint density at radius 1 is 1.33 bits per heavy atom. The Morgan fingerprint density at radius 3 is 2.71 bits per heavy atom. The third-order valence-corrected chi connectivity index (χ3v) is 5.57. The molecule has 3 rings (SSSR count). The third-order valence-electron chi connectivity index (χ3n) is 3.55. The van der Waals surface area contributed by atoms with Crippen molar-refractivity contribution >= 4 is 32.9 Å². The lowest BCUT2D eigenvalue weighted by atomic mass is 10.3. The molecule has 0 unspecified atom stereocenters. The van der Waals surface area contributed by atoms with Crippen molar-refractivity contribution in [2.24, 2.45) is 0 Å². The fraction of sp³-hybridized carbons (Fsp3) is 0.200. The van der Waals surface area contributed by atoms with Gasteiger partial charge in [-0.15, -0.1) is 5.10 Å². The van der Waals surface area contributed by atoms with Gasteiger partial charge in [-0.2, -0.15) is 0 Å². The van der Waals surface area contributed by atoms with Crippen LogP contribution < -0.4 is 5.32 Å². The average molecular weight is 367 g/mol. The Bertz CT molecular complexity index is 1030. The summed E-state index contributed by atoms with van der Waals surface area (Å²) in [4.78, 5) is 4.24. The second kappa shape index (κ2) is 6.04. The summed E-state index contributed by atoms with van der Waals surface area (Å²) in [5, 5.41) is 16.7. The average Bonchev–Trinajstić information content (AvgIpc) is 2.94. The number of aryl methyl sites for hydroxylation is 1. The number of nitrogens with one attached hydrogen (secondary N) is 1. The number of aliphatic hydroxyl groups excluding tert-OH is 1. The highest BCUT2D eigenvalue weighted by Gasteiger charge is 2.29. The fourth-order valence-corrected chi connectivity index (χ4v) is 4.25. The first-order valence-electron chi connectivity index (χ1n) is 7.07. The molecule has 0 fully saturated rings. The lowest BCUT2D eigenvalue weighted by Crippen LogP contribution is -2.06. The van der Waals surface area contributed by atoms with Gasteiger partial charge in [0.15, 0.2) is 16.4 Å². The maximum absolute atomic E-state index is 13.1. The van der Waals surface area contributed by atoms with Crippen LogP contribution in [0.3, 0.4) is 0 Å². The van der Waals surface area contributed by atoms with Crippen LogP contribution in [0.15, 0.2) is 40.1 Å². The van der Waals surface area contributed by atoms with Gasteiger partial charge < -0.3 is 10.4 Å². The van der Waals surface area contributed by atoms with Gasteiger partial charge in [0.2, 0.25) is 9.84 Å². The number of hydrogen-bond donors (Lipinski definition) is 2. The number of rotatable bonds is 4. The summed E-state index contributed by atoms with van der Waals surface area (Å²) in [5.41, 5.74) is 1.18. The summed E-state index contributed by atoms with van der Waals surface area (Å²) in [6.07, 6.45) is 0. The van der Waals surface area contributed by atoms with E-state index in [4.69, 9.17) is 11.6 Å². The molecule has 126 valence electrons. The molecular weight excluding hydrogens is 352 g/mol. The summed E-state index contributed by atoms with van der Waals surface area (Å²) < 4.78 is 27.6. The second-order valence-corrected chi connectivity index (χ2v) is 7.49. The van der Waals surface area contributed by atoms with Crippen LogP contribution >= 0.6 is 11.6 Å². The zero-order valence-electron chi connectivity index (χ0n) is 13.0. The summed E-state index contributed by atoms with van der Waals surface area (Å²) in [5.74, 6) is 0.181. The first-order valence-corrected chi connectivity index (χ1v) is 8.93. The van der Waals surface area contributed by atoms with Gasteiger partial charge >= 0.3 is 0 Å². The van der Waals surface area contributed by atoms with Crippen LogP contribution in [0.4, 0.5) is 5.82 Å². The van der Waals surface area contributed by atoms with Crippen LogP contribution in [-0.4, -0.2) is 35.2 Å². The van der Waals surface area contributed by atoms with Gasteiger partial charge in [0.05, 0.1) is 17.2 Å². The molecule has 9 heteroatoms. The highest BCUT2D eigenvalue weighted by molar-refractivity contribution is 7.91. The first kappa shape index (κ1) is 16.7. The quantitative estimate of drug-likeness (QED) is 0.733. The molecule has 0 aliphatic carbocycles. The molecular formula is C15H15ClN4O3S. The number of benzene rings is 1. The molecule has 1 aromatic carbocycles. The Balaban J connectivity index is 2.37. The van der Waals surface area contributed by atoms with Crippen molar-refractivity contribution < 1.29 is 13.5 Å². The Kier molecular flexibility index (Phi) is 4.20. The number of halogens is 1. The molecule has 0 atom stereocenters. The van der Waals surface area contributed by atoms with Crippen molar-refractivity contribution in [3.8, 4) is 0 Å². The standard InChI is InChI=1S/C15H15ClN4O3S/c1-9-6-11(8-21)18-15-13(14(17-2)19-20(9)15)24(22,23)12-5-3-4-10(16)7-12/h3-7,21H,8H2,1-2H3,(H,17,19). The predicted molar refractivity (Wildman–Crippen MR) is 90.1 cm³/mol. The Labute approximate surface area is 143 Å². The van der Waals surface area contributed by atoms with Crippen molar-refractivity contribution in [1.29, 1.82) is 0 Å². The number of nitrogens with zero attached hydrogens (tertiary/aromatic N) is 3. The maximum atomic E-state index is 13.1. The lowest BCUT2D eigenvalue weighted by Gasteiger charge is -2.06. The minimum absolute atomic E-state index is 0.0503. The van der Waals surface area contributed by atoms with Crippen LogP contribution in [0.1, 0.15) is 11.4 Å². The molecule has 2 aromatic heterocycles. The van der Waals surface area contributed by atoms with Gasteiger partial charge in [-0.05, 0) is 31.2 Å². The molecule has 2 heterocycles. The van der Waals surface area contributed by atoms with Crippen LogP contribution in [0, 0.1) is 6.92 Å². The topological polar surface area (TPSA) is 96.6 Å². The Hall–Kier alpha value is -2.16. The highest BCUT2D eigenvalue weighted by Crippen LogP contribution is 2.32. The van der Waals surface area contributed by atoms with Gasteiger partial charge in [-0.1, -0.05) is 17.7 Å². The largest absolute Gasteiger partial charge is 0.390 e. The number of fused-ring (bicyclic) bond motifs is 1. The normalized spacial score (nSPS) is 11.8. The van der Waals surface area contributed by atoms with Crippen molar-refractivity contribution in [3.63, 3.8) is 0 Å². The van der Waals surface area contributed by atoms with Crippen molar-refractivity contribution in [2.45, 2.75) is 23.3 Å². The van der Waals surface area contributed by atoms with Gasteiger partial charge in [-0.3, -0.25) is 0 Å². The third kappa shape index (κ3) is 2.62. The summed E-state index contributed by atoms with van der Waals surface area (Å²) in [6.45, 7) is 1.46. The van der Waals surface area contributed by atoms with E-state index in [9.17, 15) is 13.5 Å².